The van der Waals surface area contributed by atoms with Crippen LogP contribution in [0.25, 0.3) is 0 Å². The molecular formula is C12H16N2O2. The number of hydrogen-bond acceptors (Lipinski definition) is 3. The zero-order chi connectivity index (χ0) is 11.5. The summed E-state index contributed by atoms with van der Waals surface area (Å²) in [6.07, 6.45) is 0. The molecule has 0 aliphatic carbocycles. The number of hydrogen-bond donors (Lipinski definition) is 2. The summed E-state index contributed by atoms with van der Waals surface area (Å²) in [5.74, 6) is -0.852. The molecule has 1 aromatic rings. The Morgan fingerprint density at radius 1 is 1.38 bits per heavy atom. The Bertz CT molecular complexity index is 398. The van der Waals surface area contributed by atoms with Gasteiger partial charge >= 0.3 is 5.97 Å². The Morgan fingerprint density at radius 2 is 2.06 bits per heavy atom. The number of rotatable bonds is 2. The maximum atomic E-state index is 11.0. The van der Waals surface area contributed by atoms with Crippen LogP contribution in [0.15, 0.2) is 18.2 Å². The molecule has 16 heavy (non-hydrogen) atoms. The van der Waals surface area contributed by atoms with Crippen molar-refractivity contribution < 1.29 is 9.90 Å². The first-order valence-corrected chi connectivity index (χ1v) is 5.48. The van der Waals surface area contributed by atoms with Crippen LogP contribution >= 0.6 is 0 Å². The van der Waals surface area contributed by atoms with Gasteiger partial charge in [0.2, 0.25) is 0 Å². The Kier molecular flexibility index (Phi) is 3.10. The van der Waals surface area contributed by atoms with Gasteiger partial charge in [-0.3, -0.25) is 0 Å². The highest BCUT2D eigenvalue weighted by Gasteiger charge is 2.16. The lowest BCUT2D eigenvalue weighted by atomic mass is 10.1. The monoisotopic (exact) mass is 220 g/mol. The summed E-state index contributed by atoms with van der Waals surface area (Å²) >= 11 is 0. The fraction of sp³-hybridized carbons (Fsp3) is 0.417. The Morgan fingerprint density at radius 3 is 2.69 bits per heavy atom. The summed E-state index contributed by atoms with van der Waals surface area (Å²) in [6, 6.07) is 5.46. The minimum atomic E-state index is -0.852. The molecule has 0 radical (unpaired) electrons. The van der Waals surface area contributed by atoms with Crippen molar-refractivity contribution in [3.05, 3.63) is 29.3 Å². The molecule has 0 saturated carbocycles. The quantitative estimate of drug-likeness (QED) is 0.783. The van der Waals surface area contributed by atoms with E-state index in [-0.39, 0.29) is 0 Å². The van der Waals surface area contributed by atoms with Gasteiger partial charge in [0, 0.05) is 31.9 Å². The van der Waals surface area contributed by atoms with Crippen LogP contribution in [0.3, 0.4) is 0 Å². The zero-order valence-electron chi connectivity index (χ0n) is 9.36. The van der Waals surface area contributed by atoms with Gasteiger partial charge in [-0.25, -0.2) is 4.79 Å². The molecule has 2 rings (SSSR count). The van der Waals surface area contributed by atoms with Crippen molar-refractivity contribution in [2.24, 2.45) is 0 Å². The predicted molar refractivity (Wildman–Crippen MR) is 63.2 cm³/mol. The first-order chi connectivity index (χ1) is 7.70. The van der Waals surface area contributed by atoms with Crippen LogP contribution in [0, 0.1) is 6.92 Å². The zero-order valence-corrected chi connectivity index (χ0v) is 9.36. The molecule has 2 N–H and O–H groups in total. The molecule has 1 aliphatic rings. The van der Waals surface area contributed by atoms with Gasteiger partial charge in [-0.15, -0.1) is 0 Å². The van der Waals surface area contributed by atoms with Crippen LogP contribution in [0.2, 0.25) is 0 Å². The number of piperazine rings is 1. The molecule has 0 unspecified atom stereocenters. The fourth-order valence-electron chi connectivity index (χ4n) is 2.10. The molecule has 1 aliphatic heterocycles. The van der Waals surface area contributed by atoms with Crippen molar-refractivity contribution in [2.45, 2.75) is 6.92 Å². The number of nitrogens with zero attached hydrogens (tertiary/aromatic N) is 1. The number of nitrogens with one attached hydrogen (secondary N) is 1. The normalized spacial score (nSPS) is 16.2. The number of carboxylic acid groups (broad SMARTS) is 1. The number of carboxylic acids is 1. The number of benzene rings is 1. The van der Waals surface area contributed by atoms with Gasteiger partial charge in [-0.2, -0.15) is 0 Å². The molecule has 1 fully saturated rings. The van der Waals surface area contributed by atoms with Crippen molar-refractivity contribution in [1.82, 2.24) is 5.32 Å². The lowest BCUT2D eigenvalue weighted by Crippen LogP contribution is -2.43. The van der Waals surface area contributed by atoms with Gasteiger partial charge in [0.1, 0.15) is 0 Å². The molecule has 0 atom stereocenters. The lowest BCUT2D eigenvalue weighted by molar-refractivity contribution is 0.0696. The Balaban J connectivity index is 2.33. The lowest BCUT2D eigenvalue weighted by Gasteiger charge is -2.31. The molecule has 0 aromatic heterocycles. The van der Waals surface area contributed by atoms with E-state index in [1.807, 2.05) is 19.1 Å². The Hall–Kier alpha value is -1.55. The first-order valence-electron chi connectivity index (χ1n) is 5.48. The third kappa shape index (κ3) is 2.02. The summed E-state index contributed by atoms with van der Waals surface area (Å²) in [4.78, 5) is 13.3. The summed E-state index contributed by atoms with van der Waals surface area (Å²) in [7, 11) is 0. The minimum Gasteiger partial charge on any atom is -0.478 e. The second kappa shape index (κ2) is 4.53. The van der Waals surface area contributed by atoms with E-state index in [1.165, 1.54) is 0 Å². The standard InChI is InChI=1S/C12H16N2O2/c1-9-10(12(15)16)3-2-4-11(9)14-7-5-13-6-8-14/h2-4,13H,5-8H2,1H3,(H,15,16). The molecule has 1 heterocycles. The number of anilines is 1. The molecule has 1 aromatic carbocycles. The smallest absolute Gasteiger partial charge is 0.336 e. The third-order valence-electron chi connectivity index (χ3n) is 2.99. The van der Waals surface area contributed by atoms with Crippen molar-refractivity contribution >= 4 is 11.7 Å². The van der Waals surface area contributed by atoms with Crippen LogP contribution < -0.4 is 10.2 Å². The van der Waals surface area contributed by atoms with Crippen LogP contribution in [0.5, 0.6) is 0 Å². The van der Waals surface area contributed by atoms with Gasteiger partial charge in [0.25, 0.3) is 0 Å². The van der Waals surface area contributed by atoms with E-state index in [0.29, 0.717) is 5.56 Å². The molecule has 0 bridgehead atoms. The van der Waals surface area contributed by atoms with Crippen molar-refractivity contribution in [3.63, 3.8) is 0 Å². The summed E-state index contributed by atoms with van der Waals surface area (Å²) < 4.78 is 0. The van der Waals surface area contributed by atoms with E-state index in [0.717, 1.165) is 37.4 Å². The minimum absolute atomic E-state index is 0.399. The maximum absolute atomic E-state index is 11.0. The van der Waals surface area contributed by atoms with E-state index >= 15 is 0 Å². The van der Waals surface area contributed by atoms with Crippen molar-refractivity contribution in [1.29, 1.82) is 0 Å². The van der Waals surface area contributed by atoms with Gasteiger partial charge in [-0.1, -0.05) is 6.07 Å². The molecule has 1 saturated heterocycles. The summed E-state index contributed by atoms with van der Waals surface area (Å²) in [6.45, 7) is 5.65. The first kappa shape index (κ1) is 11.0. The molecule has 86 valence electrons. The van der Waals surface area contributed by atoms with Crippen molar-refractivity contribution in [3.8, 4) is 0 Å². The van der Waals surface area contributed by atoms with E-state index in [9.17, 15) is 4.79 Å². The number of carbonyl (C=O) groups is 1. The molecule has 4 nitrogen and oxygen atoms in total. The van der Waals surface area contributed by atoms with E-state index in [2.05, 4.69) is 10.2 Å². The molecule has 0 amide bonds. The van der Waals surface area contributed by atoms with E-state index in [4.69, 9.17) is 5.11 Å². The molecule has 0 spiro atoms. The predicted octanol–water partition coefficient (Wildman–Crippen LogP) is 1.10. The fourth-order valence-corrected chi connectivity index (χ4v) is 2.10. The van der Waals surface area contributed by atoms with E-state index < -0.39 is 5.97 Å². The van der Waals surface area contributed by atoms with Gasteiger partial charge in [0.05, 0.1) is 5.56 Å². The average molecular weight is 220 g/mol. The van der Waals surface area contributed by atoms with Gasteiger partial charge < -0.3 is 15.3 Å². The highest BCUT2D eigenvalue weighted by molar-refractivity contribution is 5.91. The second-order valence-electron chi connectivity index (χ2n) is 3.99. The second-order valence-corrected chi connectivity index (χ2v) is 3.99. The van der Waals surface area contributed by atoms with Crippen LogP contribution in [-0.4, -0.2) is 37.3 Å². The molecule has 4 heteroatoms. The van der Waals surface area contributed by atoms with Gasteiger partial charge in [-0.05, 0) is 24.6 Å². The van der Waals surface area contributed by atoms with E-state index in [1.54, 1.807) is 6.07 Å². The highest BCUT2D eigenvalue weighted by atomic mass is 16.4. The summed E-state index contributed by atoms with van der Waals surface area (Å²) in [5, 5.41) is 12.3. The SMILES string of the molecule is Cc1c(C(=O)O)cccc1N1CCNCC1. The maximum Gasteiger partial charge on any atom is 0.336 e. The highest BCUT2D eigenvalue weighted by Crippen LogP contribution is 2.23. The Labute approximate surface area is 94.9 Å². The number of aromatic carboxylic acids is 1. The largest absolute Gasteiger partial charge is 0.478 e. The molecular weight excluding hydrogens is 204 g/mol. The van der Waals surface area contributed by atoms with Crippen LogP contribution in [0.1, 0.15) is 15.9 Å². The van der Waals surface area contributed by atoms with Crippen LogP contribution in [-0.2, 0) is 0 Å². The van der Waals surface area contributed by atoms with Gasteiger partial charge in [0.15, 0.2) is 0 Å². The average Bonchev–Trinajstić information content (AvgIpc) is 2.30. The van der Waals surface area contributed by atoms with Crippen molar-refractivity contribution in [2.75, 3.05) is 31.1 Å². The summed E-state index contributed by atoms with van der Waals surface area (Å²) in [5.41, 5.74) is 2.30. The third-order valence-corrected chi connectivity index (χ3v) is 2.99. The topological polar surface area (TPSA) is 52.6 Å². The van der Waals surface area contributed by atoms with Crippen LogP contribution in [0.4, 0.5) is 5.69 Å².